The van der Waals surface area contributed by atoms with Crippen LogP contribution in [0.3, 0.4) is 0 Å². The number of likely N-dealkylation sites (N-methyl/N-ethyl adjacent to an activating group) is 1. The van der Waals surface area contributed by atoms with Crippen LogP contribution in [-0.2, 0) is 11.2 Å². The summed E-state index contributed by atoms with van der Waals surface area (Å²) in [6.07, 6.45) is 0.429. The Kier molecular flexibility index (Phi) is 4.15. The summed E-state index contributed by atoms with van der Waals surface area (Å²) in [5.74, 6) is 1.09. The first kappa shape index (κ1) is 14.0. The van der Waals surface area contributed by atoms with Crippen LogP contribution < -0.4 is 10.6 Å². The molecule has 0 saturated heterocycles. The zero-order valence-corrected chi connectivity index (χ0v) is 12.7. The highest BCUT2D eigenvalue weighted by Gasteiger charge is 2.22. The van der Waals surface area contributed by atoms with Crippen LogP contribution in [0.4, 0.5) is 5.69 Å². The van der Waals surface area contributed by atoms with Gasteiger partial charge in [-0.1, -0.05) is 30.3 Å². The molecule has 3 rings (SSSR count). The Bertz CT molecular complexity index is 639. The van der Waals surface area contributed by atoms with Gasteiger partial charge in [0.25, 0.3) is 0 Å². The van der Waals surface area contributed by atoms with E-state index in [9.17, 15) is 4.79 Å². The number of carbonyl (C=O) groups excluding carboxylic acids is 1. The van der Waals surface area contributed by atoms with Gasteiger partial charge in [0.1, 0.15) is 0 Å². The van der Waals surface area contributed by atoms with Crippen LogP contribution in [0.5, 0.6) is 0 Å². The maximum Gasteiger partial charge on any atom is 0.224 e. The highest BCUT2D eigenvalue weighted by atomic mass is 32.2. The molecule has 0 radical (unpaired) electrons. The first-order valence-corrected chi connectivity index (χ1v) is 8.02. The molecule has 0 fully saturated rings. The number of thioether (sulfide) groups is 1. The molecule has 1 heterocycles. The number of rotatable bonds is 4. The van der Waals surface area contributed by atoms with E-state index in [0.717, 1.165) is 17.0 Å². The molecule has 1 aliphatic rings. The number of fused-ring (bicyclic) bond motifs is 1. The van der Waals surface area contributed by atoms with Gasteiger partial charge < -0.3 is 10.6 Å². The Balaban J connectivity index is 1.68. The van der Waals surface area contributed by atoms with Crippen LogP contribution in [-0.4, -0.2) is 18.7 Å². The zero-order valence-electron chi connectivity index (χ0n) is 11.9. The Morgan fingerprint density at radius 3 is 2.71 bits per heavy atom. The molecule has 0 spiro atoms. The smallest absolute Gasteiger partial charge is 0.224 e. The van der Waals surface area contributed by atoms with E-state index in [1.54, 1.807) is 7.05 Å². The Labute approximate surface area is 129 Å². The third-order valence-corrected chi connectivity index (χ3v) is 4.82. The first-order chi connectivity index (χ1) is 10.3. The molecule has 0 bridgehead atoms. The topological polar surface area (TPSA) is 41.1 Å². The Morgan fingerprint density at radius 1 is 1.19 bits per heavy atom. The number of hydrogen-bond donors (Lipinski definition) is 2. The summed E-state index contributed by atoms with van der Waals surface area (Å²) in [7, 11) is 1.66. The van der Waals surface area contributed by atoms with Gasteiger partial charge in [-0.15, -0.1) is 11.8 Å². The second-order valence-corrected chi connectivity index (χ2v) is 6.15. The molecule has 3 nitrogen and oxygen atoms in total. The number of anilines is 1. The van der Waals surface area contributed by atoms with Gasteiger partial charge in [-0.05, 0) is 29.3 Å². The number of hydrogen-bond acceptors (Lipinski definition) is 3. The van der Waals surface area contributed by atoms with E-state index in [1.165, 1.54) is 10.5 Å². The first-order valence-electron chi connectivity index (χ1n) is 7.04. The van der Waals surface area contributed by atoms with E-state index in [-0.39, 0.29) is 5.91 Å². The molecular formula is C17H18N2OS. The van der Waals surface area contributed by atoms with Gasteiger partial charge in [0.05, 0.1) is 12.5 Å². The van der Waals surface area contributed by atoms with E-state index in [4.69, 9.17) is 0 Å². The predicted molar refractivity (Wildman–Crippen MR) is 87.7 cm³/mol. The molecule has 1 amide bonds. The van der Waals surface area contributed by atoms with Crippen molar-refractivity contribution in [2.45, 2.75) is 17.4 Å². The van der Waals surface area contributed by atoms with Gasteiger partial charge in [0, 0.05) is 23.4 Å². The normalized spacial score (nSPS) is 16.3. The van der Waals surface area contributed by atoms with Crippen molar-refractivity contribution in [3.8, 4) is 0 Å². The standard InChI is InChI=1S/C17H18N2OS/c1-18-17(20)10-12-6-8-13(9-7-12)19-15-11-21-16-5-3-2-4-14(15)16/h2-9,15,19H,10-11H2,1H3,(H,18,20). The van der Waals surface area contributed by atoms with Crippen molar-refractivity contribution in [2.75, 3.05) is 18.1 Å². The SMILES string of the molecule is CNC(=O)Cc1ccc(NC2CSc3ccccc32)cc1. The maximum atomic E-state index is 11.4. The number of carbonyl (C=O) groups is 1. The fourth-order valence-electron chi connectivity index (χ4n) is 2.48. The molecule has 1 aliphatic heterocycles. The fraction of sp³-hybridized carbons (Fsp3) is 0.235. The minimum absolute atomic E-state index is 0.0387. The lowest BCUT2D eigenvalue weighted by Crippen LogP contribution is -2.19. The summed E-state index contributed by atoms with van der Waals surface area (Å²) in [6.45, 7) is 0. The van der Waals surface area contributed by atoms with Crippen molar-refractivity contribution in [2.24, 2.45) is 0 Å². The van der Waals surface area contributed by atoms with E-state index in [2.05, 4.69) is 34.9 Å². The molecule has 0 saturated carbocycles. The summed E-state index contributed by atoms with van der Waals surface area (Å²) in [4.78, 5) is 12.7. The lowest BCUT2D eigenvalue weighted by molar-refractivity contribution is -0.119. The second-order valence-electron chi connectivity index (χ2n) is 5.09. The van der Waals surface area contributed by atoms with Crippen LogP contribution in [0.2, 0.25) is 0 Å². The van der Waals surface area contributed by atoms with Gasteiger partial charge in [0.15, 0.2) is 0 Å². The number of nitrogens with one attached hydrogen (secondary N) is 2. The Morgan fingerprint density at radius 2 is 1.95 bits per heavy atom. The summed E-state index contributed by atoms with van der Waals surface area (Å²) in [6, 6.07) is 17.0. The number of amides is 1. The summed E-state index contributed by atoms with van der Waals surface area (Å²) >= 11 is 1.89. The van der Waals surface area contributed by atoms with Crippen LogP contribution in [0.15, 0.2) is 53.4 Å². The largest absolute Gasteiger partial charge is 0.377 e. The molecule has 0 aromatic heterocycles. The predicted octanol–water partition coefficient (Wildman–Crippen LogP) is 3.23. The summed E-state index contributed by atoms with van der Waals surface area (Å²) in [5, 5.41) is 6.21. The molecule has 1 unspecified atom stereocenters. The van der Waals surface area contributed by atoms with Crippen LogP contribution in [0.25, 0.3) is 0 Å². The molecule has 108 valence electrons. The molecule has 2 N–H and O–H groups in total. The van der Waals surface area contributed by atoms with Gasteiger partial charge >= 0.3 is 0 Å². The van der Waals surface area contributed by atoms with Gasteiger partial charge in [-0.2, -0.15) is 0 Å². The van der Waals surface area contributed by atoms with Gasteiger partial charge in [-0.25, -0.2) is 0 Å². The number of benzene rings is 2. The lowest BCUT2D eigenvalue weighted by atomic mass is 10.1. The highest BCUT2D eigenvalue weighted by Crippen LogP contribution is 2.39. The molecule has 4 heteroatoms. The van der Waals surface area contributed by atoms with Crippen molar-refractivity contribution < 1.29 is 4.79 Å². The second kappa shape index (κ2) is 6.22. The molecule has 21 heavy (non-hydrogen) atoms. The van der Waals surface area contributed by atoms with Crippen molar-refractivity contribution in [1.82, 2.24) is 5.32 Å². The third kappa shape index (κ3) is 3.22. The average molecular weight is 298 g/mol. The van der Waals surface area contributed by atoms with E-state index in [0.29, 0.717) is 12.5 Å². The van der Waals surface area contributed by atoms with Gasteiger partial charge in [-0.3, -0.25) is 4.79 Å². The van der Waals surface area contributed by atoms with E-state index in [1.807, 2.05) is 36.0 Å². The highest BCUT2D eigenvalue weighted by molar-refractivity contribution is 7.99. The van der Waals surface area contributed by atoms with Crippen molar-refractivity contribution in [3.63, 3.8) is 0 Å². The fourth-order valence-corrected chi connectivity index (χ4v) is 3.64. The zero-order chi connectivity index (χ0) is 14.7. The van der Waals surface area contributed by atoms with E-state index >= 15 is 0 Å². The summed E-state index contributed by atoms with van der Waals surface area (Å²) in [5.41, 5.74) is 3.50. The lowest BCUT2D eigenvalue weighted by Gasteiger charge is -2.15. The Hall–Kier alpha value is -1.94. The van der Waals surface area contributed by atoms with Gasteiger partial charge in [0.2, 0.25) is 5.91 Å². The maximum absolute atomic E-state index is 11.4. The summed E-state index contributed by atoms with van der Waals surface area (Å²) < 4.78 is 0. The molecule has 1 atom stereocenters. The van der Waals surface area contributed by atoms with E-state index < -0.39 is 0 Å². The third-order valence-electron chi connectivity index (χ3n) is 3.64. The van der Waals surface area contributed by atoms with Crippen LogP contribution >= 0.6 is 11.8 Å². The molecule has 2 aromatic rings. The quantitative estimate of drug-likeness (QED) is 0.910. The minimum atomic E-state index is 0.0387. The molecular weight excluding hydrogens is 280 g/mol. The monoisotopic (exact) mass is 298 g/mol. The van der Waals surface area contributed by atoms with Crippen LogP contribution in [0, 0.1) is 0 Å². The average Bonchev–Trinajstić information content (AvgIpc) is 2.92. The van der Waals surface area contributed by atoms with Crippen LogP contribution in [0.1, 0.15) is 17.2 Å². The molecule has 2 aromatic carbocycles. The van der Waals surface area contributed by atoms with Crippen molar-refractivity contribution in [3.05, 3.63) is 59.7 Å². The minimum Gasteiger partial charge on any atom is -0.377 e. The molecule has 0 aliphatic carbocycles. The van der Waals surface area contributed by atoms with Crippen molar-refractivity contribution in [1.29, 1.82) is 0 Å². The van der Waals surface area contributed by atoms with Crippen molar-refractivity contribution >= 4 is 23.4 Å².